The summed E-state index contributed by atoms with van der Waals surface area (Å²) >= 11 is 5.82. The number of hydrogen-bond donors (Lipinski definition) is 2. The molecule has 0 aliphatic carbocycles. The number of sulfonamides is 1. The van der Waals surface area contributed by atoms with Crippen LogP contribution in [-0.2, 0) is 14.8 Å². The smallest absolute Gasteiger partial charge is 0.278 e. The molecule has 1 heterocycles. The van der Waals surface area contributed by atoms with Crippen LogP contribution in [0.25, 0.3) is 0 Å². The summed E-state index contributed by atoms with van der Waals surface area (Å²) in [7, 11) is -3.50. The van der Waals surface area contributed by atoms with E-state index in [1.165, 1.54) is 16.4 Å². The highest BCUT2D eigenvalue weighted by molar-refractivity contribution is 7.89. The lowest BCUT2D eigenvalue weighted by Gasteiger charge is -2.34. The Hall–Kier alpha value is -1.15. The molecule has 8 heteroatoms. The van der Waals surface area contributed by atoms with Gasteiger partial charge in [-0.2, -0.15) is 4.31 Å². The van der Waals surface area contributed by atoms with E-state index in [1.807, 2.05) is 13.8 Å². The zero-order valence-electron chi connectivity index (χ0n) is 14.1. The number of hydrogen-bond acceptors (Lipinski definition) is 3. The van der Waals surface area contributed by atoms with Crippen LogP contribution in [0.15, 0.2) is 29.2 Å². The molecule has 0 radical (unpaired) electrons. The SMILES string of the molecule is CCCNC(=O)[C@@H](C)[NH+]1CCN(S(=O)(=O)c2ccc(Cl)cc2)CC1. The third-order valence-corrected chi connectivity index (χ3v) is 6.54. The van der Waals surface area contributed by atoms with Gasteiger partial charge in [0.1, 0.15) is 0 Å². The van der Waals surface area contributed by atoms with Crippen molar-refractivity contribution in [1.29, 1.82) is 0 Å². The molecule has 6 nitrogen and oxygen atoms in total. The molecule has 1 aromatic rings. The van der Waals surface area contributed by atoms with E-state index in [-0.39, 0.29) is 16.8 Å². The Morgan fingerprint density at radius 1 is 1.29 bits per heavy atom. The molecule has 24 heavy (non-hydrogen) atoms. The molecule has 0 unspecified atom stereocenters. The third kappa shape index (κ3) is 4.47. The molecule has 1 saturated heterocycles. The molecule has 1 aromatic carbocycles. The fourth-order valence-electron chi connectivity index (χ4n) is 2.79. The van der Waals surface area contributed by atoms with Crippen LogP contribution >= 0.6 is 11.6 Å². The van der Waals surface area contributed by atoms with Crippen LogP contribution in [0.3, 0.4) is 0 Å². The normalized spacial score (nSPS) is 18.3. The van der Waals surface area contributed by atoms with Crippen LogP contribution in [0.5, 0.6) is 0 Å². The van der Waals surface area contributed by atoms with Crippen molar-refractivity contribution in [3.8, 4) is 0 Å². The number of carbonyl (C=O) groups is 1. The fraction of sp³-hybridized carbons (Fsp3) is 0.562. The van der Waals surface area contributed by atoms with Crippen molar-refractivity contribution in [3.63, 3.8) is 0 Å². The second-order valence-corrected chi connectivity index (χ2v) is 8.40. The Labute approximate surface area is 148 Å². The molecule has 1 fully saturated rings. The molecular weight excluding hydrogens is 350 g/mol. The summed E-state index contributed by atoms with van der Waals surface area (Å²) in [4.78, 5) is 13.4. The highest BCUT2D eigenvalue weighted by Gasteiger charge is 2.34. The number of carbonyl (C=O) groups excluding carboxylic acids is 1. The van der Waals surface area contributed by atoms with Crippen LogP contribution in [0.1, 0.15) is 20.3 Å². The van der Waals surface area contributed by atoms with Crippen LogP contribution in [0.2, 0.25) is 5.02 Å². The maximum absolute atomic E-state index is 12.6. The maximum Gasteiger partial charge on any atom is 0.278 e. The largest absolute Gasteiger partial charge is 0.351 e. The molecule has 1 aliphatic rings. The molecule has 2 rings (SSSR count). The molecular formula is C16H25ClN3O3S+. The first kappa shape index (κ1) is 19.2. The number of nitrogens with one attached hydrogen (secondary N) is 2. The monoisotopic (exact) mass is 374 g/mol. The first-order valence-electron chi connectivity index (χ1n) is 8.24. The summed E-state index contributed by atoms with van der Waals surface area (Å²) < 4.78 is 26.8. The Morgan fingerprint density at radius 3 is 2.42 bits per heavy atom. The lowest BCUT2D eigenvalue weighted by molar-refractivity contribution is -0.917. The topological polar surface area (TPSA) is 70.9 Å². The summed E-state index contributed by atoms with van der Waals surface area (Å²) in [5.41, 5.74) is 0. The Bertz CT molecular complexity index is 656. The highest BCUT2D eigenvalue weighted by atomic mass is 35.5. The number of nitrogens with zero attached hydrogens (tertiary/aromatic N) is 1. The molecule has 1 aliphatic heterocycles. The second-order valence-electron chi connectivity index (χ2n) is 6.03. The minimum absolute atomic E-state index is 0.0286. The maximum atomic E-state index is 12.6. The van der Waals surface area contributed by atoms with Gasteiger partial charge < -0.3 is 10.2 Å². The fourth-order valence-corrected chi connectivity index (χ4v) is 4.36. The average molecular weight is 375 g/mol. The number of halogens is 1. The molecule has 134 valence electrons. The van der Waals surface area contributed by atoms with Gasteiger partial charge in [0.15, 0.2) is 6.04 Å². The Balaban J connectivity index is 1.96. The van der Waals surface area contributed by atoms with E-state index in [0.717, 1.165) is 11.3 Å². The summed E-state index contributed by atoms with van der Waals surface area (Å²) in [5, 5.41) is 3.41. The van der Waals surface area contributed by atoms with Crippen molar-refractivity contribution in [2.45, 2.75) is 31.2 Å². The third-order valence-electron chi connectivity index (χ3n) is 4.37. The summed E-state index contributed by atoms with van der Waals surface area (Å²) in [6.07, 6.45) is 0.904. The molecule has 1 amide bonds. The van der Waals surface area contributed by atoms with Gasteiger partial charge in [-0.15, -0.1) is 0 Å². The number of quaternary nitrogens is 1. The van der Waals surface area contributed by atoms with Gasteiger partial charge in [-0.25, -0.2) is 8.42 Å². The van der Waals surface area contributed by atoms with Gasteiger partial charge in [0.05, 0.1) is 31.1 Å². The van der Waals surface area contributed by atoms with E-state index < -0.39 is 10.0 Å². The standard InChI is InChI=1S/C16H24ClN3O3S/c1-3-8-18-16(21)13(2)19-9-11-20(12-10-19)24(22,23)15-6-4-14(17)5-7-15/h4-7,13H,3,8-12H2,1-2H3,(H,18,21)/p+1/t13-/m1/s1. The van der Waals surface area contributed by atoms with Crippen LogP contribution < -0.4 is 10.2 Å². The van der Waals surface area contributed by atoms with Gasteiger partial charge in [0.2, 0.25) is 10.0 Å². The van der Waals surface area contributed by atoms with Gasteiger partial charge in [0, 0.05) is 11.6 Å². The van der Waals surface area contributed by atoms with E-state index in [4.69, 9.17) is 11.6 Å². The predicted octanol–water partition coefficient (Wildman–Crippen LogP) is 0.144. The Kier molecular flexibility index (Phi) is 6.62. The van der Waals surface area contributed by atoms with Crippen molar-refractivity contribution in [3.05, 3.63) is 29.3 Å². The van der Waals surface area contributed by atoms with Gasteiger partial charge in [-0.05, 0) is 37.6 Å². The molecule has 0 saturated carbocycles. The van der Waals surface area contributed by atoms with Crippen LogP contribution in [0.4, 0.5) is 0 Å². The second kappa shape index (κ2) is 8.29. The minimum Gasteiger partial charge on any atom is -0.351 e. The van der Waals surface area contributed by atoms with E-state index >= 15 is 0 Å². The number of benzene rings is 1. The van der Waals surface area contributed by atoms with Crippen molar-refractivity contribution in [1.82, 2.24) is 9.62 Å². The Morgan fingerprint density at radius 2 is 1.88 bits per heavy atom. The zero-order valence-corrected chi connectivity index (χ0v) is 15.7. The van der Waals surface area contributed by atoms with Gasteiger partial charge in [-0.3, -0.25) is 4.79 Å². The first-order chi connectivity index (χ1) is 11.4. The van der Waals surface area contributed by atoms with Crippen molar-refractivity contribution in [2.24, 2.45) is 0 Å². The summed E-state index contributed by atoms with van der Waals surface area (Å²) in [6.45, 7) is 6.63. The molecule has 0 spiro atoms. The van der Waals surface area contributed by atoms with Gasteiger partial charge in [-0.1, -0.05) is 18.5 Å². The lowest BCUT2D eigenvalue weighted by Crippen LogP contribution is -3.19. The van der Waals surface area contributed by atoms with E-state index in [2.05, 4.69) is 5.32 Å². The van der Waals surface area contributed by atoms with Gasteiger partial charge in [0.25, 0.3) is 5.91 Å². The molecule has 1 atom stereocenters. The molecule has 2 N–H and O–H groups in total. The van der Waals surface area contributed by atoms with Crippen LogP contribution in [0, 0.1) is 0 Å². The number of amides is 1. The molecule has 0 aromatic heterocycles. The highest BCUT2D eigenvalue weighted by Crippen LogP contribution is 2.18. The average Bonchev–Trinajstić information content (AvgIpc) is 2.59. The van der Waals surface area contributed by atoms with Crippen molar-refractivity contribution >= 4 is 27.5 Å². The summed E-state index contributed by atoms with van der Waals surface area (Å²) in [6, 6.07) is 6.04. The number of rotatable bonds is 6. The van der Waals surface area contributed by atoms with E-state index in [0.29, 0.717) is 37.7 Å². The lowest BCUT2D eigenvalue weighted by atomic mass is 10.2. The van der Waals surface area contributed by atoms with Crippen molar-refractivity contribution in [2.75, 3.05) is 32.7 Å². The first-order valence-corrected chi connectivity index (χ1v) is 10.1. The number of piperazine rings is 1. The summed E-state index contributed by atoms with van der Waals surface area (Å²) in [5.74, 6) is 0.0286. The van der Waals surface area contributed by atoms with Crippen LogP contribution in [-0.4, -0.2) is 57.4 Å². The predicted molar refractivity (Wildman–Crippen MR) is 93.7 cm³/mol. The minimum atomic E-state index is -3.50. The zero-order chi connectivity index (χ0) is 17.7. The van der Waals surface area contributed by atoms with Gasteiger partial charge >= 0.3 is 0 Å². The van der Waals surface area contributed by atoms with E-state index in [9.17, 15) is 13.2 Å². The van der Waals surface area contributed by atoms with Crippen molar-refractivity contribution < 1.29 is 18.1 Å². The molecule has 0 bridgehead atoms. The quantitative estimate of drug-likeness (QED) is 0.744. The van der Waals surface area contributed by atoms with E-state index in [1.54, 1.807) is 12.1 Å².